The van der Waals surface area contributed by atoms with E-state index in [1.165, 1.54) is 12.1 Å². The van der Waals surface area contributed by atoms with Crippen molar-refractivity contribution in [2.75, 3.05) is 25.0 Å². The maximum atomic E-state index is 13.9. The molecule has 21 heavy (non-hydrogen) atoms. The molecule has 1 aliphatic heterocycles. The van der Waals surface area contributed by atoms with Gasteiger partial charge in [0, 0.05) is 19.1 Å². The van der Waals surface area contributed by atoms with Crippen molar-refractivity contribution in [2.24, 2.45) is 11.1 Å². The first-order valence-electron chi connectivity index (χ1n) is 7.07. The van der Waals surface area contributed by atoms with Crippen LogP contribution in [0.2, 0.25) is 0 Å². The lowest BCUT2D eigenvalue weighted by atomic mass is 10.1. The topological polar surface area (TPSA) is 75.4 Å². The second-order valence-electron chi connectivity index (χ2n) is 5.81. The van der Waals surface area contributed by atoms with E-state index in [1.807, 2.05) is 0 Å². The number of hydrogen-bond acceptors (Lipinski definition) is 4. The van der Waals surface area contributed by atoms with Crippen molar-refractivity contribution in [1.82, 2.24) is 4.90 Å². The van der Waals surface area contributed by atoms with E-state index >= 15 is 0 Å². The van der Waals surface area contributed by atoms with Crippen LogP contribution in [0.1, 0.15) is 20.3 Å². The molecule has 1 fully saturated rings. The van der Waals surface area contributed by atoms with Crippen molar-refractivity contribution in [2.45, 2.75) is 31.2 Å². The lowest BCUT2D eigenvalue weighted by molar-refractivity contribution is 0.266. The third-order valence-corrected chi connectivity index (χ3v) is 4.81. The van der Waals surface area contributed by atoms with Gasteiger partial charge >= 0.3 is 0 Å². The molecule has 0 amide bonds. The van der Waals surface area contributed by atoms with Crippen molar-refractivity contribution in [1.29, 1.82) is 0 Å². The normalized spacial score (nSPS) is 20.1. The predicted molar refractivity (Wildman–Crippen MR) is 81.1 cm³/mol. The van der Waals surface area contributed by atoms with Gasteiger partial charge < -0.3 is 10.2 Å². The number of primary sulfonamides is 1. The zero-order valence-electron chi connectivity index (χ0n) is 12.3. The van der Waals surface area contributed by atoms with Crippen LogP contribution in [0.25, 0.3) is 0 Å². The van der Waals surface area contributed by atoms with Gasteiger partial charge in [0.2, 0.25) is 10.0 Å². The monoisotopic (exact) mass is 315 g/mol. The van der Waals surface area contributed by atoms with E-state index in [9.17, 15) is 12.8 Å². The molecule has 0 spiro atoms. The summed E-state index contributed by atoms with van der Waals surface area (Å²) in [5.41, 5.74) is 0.311. The second kappa shape index (κ2) is 6.29. The molecule has 2 rings (SSSR count). The summed E-state index contributed by atoms with van der Waals surface area (Å²) < 4.78 is 36.2. The highest BCUT2D eigenvalue weighted by Crippen LogP contribution is 2.22. The SMILES string of the molecule is CC(C)N1CCC(CNc2ccc(S(N)(=O)=O)cc2F)C1. The number of sulfonamides is 1. The number of nitrogens with two attached hydrogens (primary N) is 1. The molecule has 0 aromatic heterocycles. The molecule has 1 atom stereocenters. The summed E-state index contributed by atoms with van der Waals surface area (Å²) in [5, 5.41) is 8.03. The van der Waals surface area contributed by atoms with E-state index in [2.05, 4.69) is 24.1 Å². The molecule has 0 aliphatic carbocycles. The van der Waals surface area contributed by atoms with Crippen LogP contribution in [-0.4, -0.2) is 39.0 Å². The number of likely N-dealkylation sites (tertiary alicyclic amines) is 1. The van der Waals surface area contributed by atoms with Gasteiger partial charge in [-0.15, -0.1) is 0 Å². The predicted octanol–water partition coefficient (Wildman–Crippen LogP) is 1.62. The molecule has 1 heterocycles. The number of halogens is 1. The van der Waals surface area contributed by atoms with E-state index < -0.39 is 15.8 Å². The van der Waals surface area contributed by atoms with E-state index in [0.717, 1.165) is 25.6 Å². The zero-order valence-corrected chi connectivity index (χ0v) is 13.2. The van der Waals surface area contributed by atoms with Gasteiger partial charge in [0.05, 0.1) is 10.6 Å². The Balaban J connectivity index is 1.96. The largest absolute Gasteiger partial charge is 0.382 e. The molecule has 1 aromatic rings. The minimum atomic E-state index is -3.86. The highest BCUT2D eigenvalue weighted by molar-refractivity contribution is 7.89. The number of hydrogen-bond donors (Lipinski definition) is 2. The number of nitrogens with zero attached hydrogens (tertiary/aromatic N) is 1. The van der Waals surface area contributed by atoms with Crippen LogP contribution in [0.3, 0.4) is 0 Å². The van der Waals surface area contributed by atoms with Gasteiger partial charge in [0.25, 0.3) is 0 Å². The quantitative estimate of drug-likeness (QED) is 0.866. The summed E-state index contributed by atoms with van der Waals surface area (Å²) in [6, 6.07) is 4.22. The van der Waals surface area contributed by atoms with Gasteiger partial charge in [-0.25, -0.2) is 17.9 Å². The molecule has 1 aromatic carbocycles. The van der Waals surface area contributed by atoms with E-state index in [4.69, 9.17) is 5.14 Å². The average Bonchev–Trinajstić information content (AvgIpc) is 2.85. The molecule has 0 radical (unpaired) electrons. The van der Waals surface area contributed by atoms with Gasteiger partial charge in [-0.2, -0.15) is 0 Å². The minimum absolute atomic E-state index is 0.211. The molecule has 1 saturated heterocycles. The van der Waals surface area contributed by atoms with Crippen LogP contribution < -0.4 is 10.5 Å². The Morgan fingerprint density at radius 2 is 2.19 bits per heavy atom. The van der Waals surface area contributed by atoms with Gasteiger partial charge in [0.15, 0.2) is 0 Å². The molecule has 0 saturated carbocycles. The lowest BCUT2D eigenvalue weighted by Crippen LogP contribution is -2.29. The highest BCUT2D eigenvalue weighted by Gasteiger charge is 2.24. The number of nitrogens with one attached hydrogen (secondary N) is 1. The summed E-state index contributed by atoms with van der Waals surface area (Å²) in [6.45, 7) is 7.08. The maximum Gasteiger partial charge on any atom is 0.238 e. The highest BCUT2D eigenvalue weighted by atomic mass is 32.2. The van der Waals surface area contributed by atoms with Gasteiger partial charge in [0.1, 0.15) is 5.82 Å². The molecule has 1 unspecified atom stereocenters. The van der Waals surface area contributed by atoms with Crippen molar-refractivity contribution in [3.63, 3.8) is 0 Å². The fourth-order valence-electron chi connectivity index (χ4n) is 2.57. The van der Waals surface area contributed by atoms with E-state index in [-0.39, 0.29) is 4.90 Å². The van der Waals surface area contributed by atoms with Crippen LogP contribution in [0.4, 0.5) is 10.1 Å². The van der Waals surface area contributed by atoms with Gasteiger partial charge in [-0.1, -0.05) is 0 Å². The van der Waals surface area contributed by atoms with Gasteiger partial charge in [-0.3, -0.25) is 0 Å². The molecular weight excluding hydrogens is 293 g/mol. The van der Waals surface area contributed by atoms with Crippen molar-refractivity contribution in [3.8, 4) is 0 Å². The average molecular weight is 315 g/mol. The third kappa shape index (κ3) is 4.15. The number of anilines is 1. The molecule has 7 heteroatoms. The molecule has 3 N–H and O–H groups in total. The summed E-state index contributed by atoms with van der Waals surface area (Å²) >= 11 is 0. The number of rotatable bonds is 5. The molecule has 5 nitrogen and oxygen atoms in total. The standard InChI is InChI=1S/C14H22FN3O2S/c1-10(2)18-6-5-11(9-18)8-17-14-4-3-12(7-13(14)15)21(16,19)20/h3-4,7,10-11,17H,5-6,8-9H2,1-2H3,(H2,16,19,20). The Kier molecular flexibility index (Phi) is 4.85. The van der Waals surface area contributed by atoms with Crippen LogP contribution in [-0.2, 0) is 10.0 Å². The summed E-state index contributed by atoms with van der Waals surface area (Å²) in [4.78, 5) is 2.18. The lowest BCUT2D eigenvalue weighted by Gasteiger charge is -2.20. The van der Waals surface area contributed by atoms with E-state index in [1.54, 1.807) is 0 Å². The fourth-order valence-corrected chi connectivity index (χ4v) is 3.09. The van der Waals surface area contributed by atoms with Crippen LogP contribution in [0.5, 0.6) is 0 Å². The zero-order chi connectivity index (χ0) is 15.6. The Bertz CT molecular complexity index is 604. The number of benzene rings is 1. The minimum Gasteiger partial charge on any atom is -0.382 e. The Morgan fingerprint density at radius 1 is 1.48 bits per heavy atom. The fraction of sp³-hybridized carbons (Fsp3) is 0.571. The first-order chi connectivity index (χ1) is 9.77. The van der Waals surface area contributed by atoms with Crippen LogP contribution >= 0.6 is 0 Å². The molecular formula is C14H22FN3O2S. The van der Waals surface area contributed by atoms with Crippen molar-refractivity contribution < 1.29 is 12.8 Å². The first-order valence-corrected chi connectivity index (χ1v) is 8.62. The van der Waals surface area contributed by atoms with Crippen LogP contribution in [0, 0.1) is 11.7 Å². The Labute approximate surface area is 125 Å². The summed E-state index contributed by atoms with van der Waals surface area (Å²) in [7, 11) is -3.86. The Hall–Kier alpha value is -1.18. The smallest absolute Gasteiger partial charge is 0.238 e. The summed E-state index contributed by atoms with van der Waals surface area (Å²) in [5.74, 6) is -0.120. The first kappa shape index (κ1) is 16.2. The summed E-state index contributed by atoms with van der Waals surface area (Å²) in [6.07, 6.45) is 1.09. The van der Waals surface area contributed by atoms with Crippen LogP contribution in [0.15, 0.2) is 23.1 Å². The molecule has 1 aliphatic rings. The van der Waals surface area contributed by atoms with Crippen molar-refractivity contribution >= 4 is 15.7 Å². The second-order valence-corrected chi connectivity index (χ2v) is 7.37. The third-order valence-electron chi connectivity index (χ3n) is 3.90. The van der Waals surface area contributed by atoms with Gasteiger partial charge in [-0.05, 0) is 50.9 Å². The molecule has 118 valence electrons. The van der Waals surface area contributed by atoms with E-state index in [0.29, 0.717) is 24.2 Å². The van der Waals surface area contributed by atoms with Crippen molar-refractivity contribution in [3.05, 3.63) is 24.0 Å². The maximum absolute atomic E-state index is 13.9. The molecule has 0 bridgehead atoms. The Morgan fingerprint density at radius 3 is 2.71 bits per heavy atom.